The van der Waals surface area contributed by atoms with Crippen molar-refractivity contribution in [2.75, 3.05) is 5.43 Å². The average molecular weight is 381 g/mol. The molecule has 1 N–H and O–H groups in total. The average Bonchev–Trinajstić information content (AvgIpc) is 2.63. The number of hydrazone groups is 1. The summed E-state index contributed by atoms with van der Waals surface area (Å²) in [6, 6.07) is 25.8. The van der Waals surface area contributed by atoms with Crippen LogP contribution in [0.25, 0.3) is 0 Å². The molecule has 0 saturated carbocycles. The van der Waals surface area contributed by atoms with Gasteiger partial charge in [-0.15, -0.1) is 0 Å². The highest BCUT2D eigenvalue weighted by Crippen LogP contribution is 2.15. The number of halogens is 1. The Morgan fingerprint density at radius 3 is 2.29 bits per heavy atom. The molecule has 24 heavy (non-hydrogen) atoms. The summed E-state index contributed by atoms with van der Waals surface area (Å²) in [4.78, 5) is 0. The molecule has 3 aromatic carbocycles. The second-order valence-corrected chi connectivity index (χ2v) is 6.14. The third-order valence-electron chi connectivity index (χ3n) is 3.38. The lowest BCUT2D eigenvalue weighted by Gasteiger charge is -2.06. The molecule has 4 heteroatoms. The van der Waals surface area contributed by atoms with Crippen LogP contribution >= 0.6 is 15.9 Å². The van der Waals surface area contributed by atoms with Gasteiger partial charge in [-0.2, -0.15) is 5.10 Å². The second kappa shape index (κ2) is 8.31. The van der Waals surface area contributed by atoms with Crippen LogP contribution in [-0.4, -0.2) is 6.21 Å². The first-order chi connectivity index (χ1) is 11.8. The largest absolute Gasteiger partial charge is 0.489 e. The maximum Gasteiger partial charge on any atom is 0.119 e. The molecule has 0 amide bonds. The van der Waals surface area contributed by atoms with E-state index in [-0.39, 0.29) is 0 Å². The summed E-state index contributed by atoms with van der Waals surface area (Å²) in [5, 5.41) is 4.22. The number of nitrogens with zero attached hydrogens (tertiary/aromatic N) is 1. The molecule has 0 aromatic heterocycles. The van der Waals surface area contributed by atoms with Crippen molar-refractivity contribution in [3.63, 3.8) is 0 Å². The van der Waals surface area contributed by atoms with Crippen LogP contribution in [0.2, 0.25) is 0 Å². The van der Waals surface area contributed by atoms with Crippen LogP contribution in [0.5, 0.6) is 5.75 Å². The van der Waals surface area contributed by atoms with Gasteiger partial charge < -0.3 is 4.74 Å². The van der Waals surface area contributed by atoms with Gasteiger partial charge in [0.25, 0.3) is 0 Å². The first-order valence-corrected chi connectivity index (χ1v) is 8.40. The zero-order chi connectivity index (χ0) is 16.6. The SMILES string of the molecule is Brc1ccc(COc2ccc(C=NNc3ccccc3)cc2)cc1. The number of anilines is 1. The molecule has 0 heterocycles. The van der Waals surface area contributed by atoms with Gasteiger partial charge >= 0.3 is 0 Å². The van der Waals surface area contributed by atoms with E-state index in [2.05, 4.69) is 26.5 Å². The molecule has 120 valence electrons. The summed E-state index contributed by atoms with van der Waals surface area (Å²) in [6.45, 7) is 0.552. The molecular weight excluding hydrogens is 364 g/mol. The van der Waals surface area contributed by atoms with Gasteiger partial charge in [-0.25, -0.2) is 0 Å². The summed E-state index contributed by atoms with van der Waals surface area (Å²) < 4.78 is 6.85. The first kappa shape index (κ1) is 16.3. The summed E-state index contributed by atoms with van der Waals surface area (Å²) >= 11 is 3.43. The Labute approximate surface area is 150 Å². The molecule has 0 saturated heterocycles. The minimum Gasteiger partial charge on any atom is -0.489 e. The number of hydrogen-bond donors (Lipinski definition) is 1. The van der Waals surface area contributed by atoms with Crippen molar-refractivity contribution < 1.29 is 4.74 Å². The van der Waals surface area contributed by atoms with Crippen LogP contribution in [-0.2, 0) is 6.61 Å². The standard InChI is InChI=1S/C20H17BrN2O/c21-18-10-6-17(7-11-18)15-24-20-12-8-16(9-13-20)14-22-23-19-4-2-1-3-5-19/h1-14,23H,15H2. The molecule has 0 aliphatic carbocycles. The Balaban J connectivity index is 1.52. The quantitative estimate of drug-likeness (QED) is 0.454. The van der Waals surface area contributed by atoms with Gasteiger partial charge in [-0.3, -0.25) is 5.43 Å². The van der Waals surface area contributed by atoms with Gasteiger partial charge in [0.05, 0.1) is 11.9 Å². The summed E-state index contributed by atoms with van der Waals surface area (Å²) in [5.74, 6) is 0.839. The fourth-order valence-electron chi connectivity index (χ4n) is 2.09. The fourth-order valence-corrected chi connectivity index (χ4v) is 2.36. The molecule has 0 radical (unpaired) electrons. The smallest absolute Gasteiger partial charge is 0.119 e. The lowest BCUT2D eigenvalue weighted by molar-refractivity contribution is 0.306. The minimum absolute atomic E-state index is 0.552. The number of nitrogens with one attached hydrogen (secondary N) is 1. The zero-order valence-electron chi connectivity index (χ0n) is 13.0. The highest BCUT2D eigenvalue weighted by molar-refractivity contribution is 9.10. The Morgan fingerprint density at radius 1 is 0.875 bits per heavy atom. The molecule has 3 aromatic rings. The number of benzene rings is 3. The van der Waals surface area contributed by atoms with E-state index in [4.69, 9.17) is 4.74 Å². The Bertz CT molecular complexity index is 784. The van der Waals surface area contributed by atoms with Gasteiger partial charge in [0.15, 0.2) is 0 Å². The van der Waals surface area contributed by atoms with Crippen molar-refractivity contribution in [1.82, 2.24) is 0 Å². The van der Waals surface area contributed by atoms with Crippen molar-refractivity contribution in [2.45, 2.75) is 6.61 Å². The van der Waals surface area contributed by atoms with Crippen molar-refractivity contribution in [1.29, 1.82) is 0 Å². The number of hydrogen-bond acceptors (Lipinski definition) is 3. The molecule has 0 spiro atoms. The Hall–Kier alpha value is -2.59. The molecular formula is C20H17BrN2O. The van der Waals surface area contributed by atoms with Crippen LogP contribution in [0.1, 0.15) is 11.1 Å². The van der Waals surface area contributed by atoms with Crippen LogP contribution in [0.4, 0.5) is 5.69 Å². The molecule has 0 bridgehead atoms. The first-order valence-electron chi connectivity index (χ1n) is 7.61. The Kier molecular flexibility index (Phi) is 5.64. The maximum atomic E-state index is 5.79. The Morgan fingerprint density at radius 2 is 1.58 bits per heavy atom. The van der Waals surface area contributed by atoms with Gasteiger partial charge in [-0.1, -0.05) is 46.3 Å². The second-order valence-electron chi connectivity index (χ2n) is 5.22. The molecule has 0 aliphatic rings. The van der Waals surface area contributed by atoms with E-state index in [1.807, 2.05) is 78.9 Å². The van der Waals surface area contributed by atoms with Crippen molar-refractivity contribution in [2.24, 2.45) is 5.10 Å². The minimum atomic E-state index is 0.552. The topological polar surface area (TPSA) is 33.6 Å². The highest BCUT2D eigenvalue weighted by Gasteiger charge is 1.97. The third kappa shape index (κ3) is 4.96. The predicted octanol–water partition coefficient (Wildman–Crippen LogP) is 5.47. The van der Waals surface area contributed by atoms with Crippen LogP contribution in [0, 0.1) is 0 Å². The van der Waals surface area contributed by atoms with E-state index in [0.717, 1.165) is 27.0 Å². The molecule has 3 rings (SSSR count). The van der Waals surface area contributed by atoms with Crippen LogP contribution in [0.15, 0.2) is 88.4 Å². The highest BCUT2D eigenvalue weighted by atomic mass is 79.9. The van der Waals surface area contributed by atoms with E-state index in [0.29, 0.717) is 6.61 Å². The summed E-state index contributed by atoms with van der Waals surface area (Å²) in [5.41, 5.74) is 6.10. The van der Waals surface area contributed by atoms with Crippen LogP contribution in [0.3, 0.4) is 0 Å². The summed E-state index contributed by atoms with van der Waals surface area (Å²) in [7, 11) is 0. The number of ether oxygens (including phenoxy) is 1. The predicted molar refractivity (Wildman–Crippen MR) is 103 cm³/mol. The van der Waals surface area contributed by atoms with E-state index in [1.165, 1.54) is 0 Å². The summed E-state index contributed by atoms with van der Waals surface area (Å²) in [6.07, 6.45) is 1.78. The van der Waals surface area contributed by atoms with Gasteiger partial charge in [0.1, 0.15) is 12.4 Å². The lowest BCUT2D eigenvalue weighted by atomic mass is 10.2. The third-order valence-corrected chi connectivity index (χ3v) is 3.91. The van der Waals surface area contributed by atoms with Crippen molar-refractivity contribution in [3.05, 3.63) is 94.5 Å². The van der Waals surface area contributed by atoms with Crippen LogP contribution < -0.4 is 10.2 Å². The maximum absolute atomic E-state index is 5.79. The van der Waals surface area contributed by atoms with Gasteiger partial charge in [0.2, 0.25) is 0 Å². The van der Waals surface area contributed by atoms with Crippen molar-refractivity contribution in [3.8, 4) is 5.75 Å². The van der Waals surface area contributed by atoms with E-state index < -0.39 is 0 Å². The number of rotatable bonds is 6. The monoisotopic (exact) mass is 380 g/mol. The molecule has 0 atom stereocenters. The lowest BCUT2D eigenvalue weighted by Crippen LogP contribution is -1.95. The molecule has 3 nitrogen and oxygen atoms in total. The van der Waals surface area contributed by atoms with Gasteiger partial charge in [0, 0.05) is 4.47 Å². The van der Waals surface area contributed by atoms with Crippen molar-refractivity contribution >= 4 is 27.8 Å². The normalized spacial score (nSPS) is 10.7. The number of para-hydroxylation sites is 1. The van der Waals surface area contributed by atoms with E-state index in [9.17, 15) is 0 Å². The molecule has 0 fully saturated rings. The van der Waals surface area contributed by atoms with E-state index >= 15 is 0 Å². The fraction of sp³-hybridized carbons (Fsp3) is 0.0500. The van der Waals surface area contributed by atoms with E-state index in [1.54, 1.807) is 6.21 Å². The van der Waals surface area contributed by atoms with Gasteiger partial charge in [-0.05, 0) is 59.7 Å². The molecule has 0 unspecified atom stereocenters. The molecule has 0 aliphatic heterocycles. The zero-order valence-corrected chi connectivity index (χ0v) is 14.6.